The van der Waals surface area contributed by atoms with Crippen LogP contribution in [0.15, 0.2) is 0 Å². The molecule has 0 saturated heterocycles. The molecule has 0 spiro atoms. The normalized spacial score (nSPS) is 7.86. The predicted molar refractivity (Wildman–Crippen MR) is 26.9 cm³/mol. The summed E-state index contributed by atoms with van der Waals surface area (Å²) in [7, 11) is 1.64. The van der Waals surface area contributed by atoms with Crippen molar-refractivity contribution < 1.29 is 42.4 Å². The van der Waals surface area contributed by atoms with E-state index in [0.717, 1.165) is 0 Å². The van der Waals surface area contributed by atoms with Crippen LogP contribution in [0.1, 0.15) is 4.28 Å². The molecule has 0 aromatic heterocycles. The van der Waals surface area contributed by atoms with Crippen LogP contribution in [-0.2, 0) is 8.53 Å². The molecule has 2 nitrogen and oxygen atoms in total. The fourth-order valence-electron chi connectivity index (χ4n) is 0.131. The van der Waals surface area contributed by atoms with E-state index in [9.17, 15) is 0 Å². The van der Waals surface area contributed by atoms with E-state index in [2.05, 4.69) is 25.1 Å². The summed E-state index contributed by atoms with van der Waals surface area (Å²) in [5.74, 6) is 0. The molecule has 0 N–H and O–H groups in total. The van der Waals surface area contributed by atoms with E-state index in [4.69, 9.17) is 0 Å². The minimum atomic E-state index is 0. The van der Waals surface area contributed by atoms with Crippen LogP contribution in [0.5, 0.6) is 0 Å². The van der Waals surface area contributed by atoms with Gasteiger partial charge in [0.15, 0.2) is 0 Å². The maximum absolute atomic E-state index is 4.64. The quantitative estimate of drug-likeness (QED) is 0.299. The standard InChI is InChI=1S/C3H7O2.Al.Na.3H/c1-5-3-2-4;;;;;/h2-3H2,1H3;;;;;/q-1;+3;+1;3*-1. The van der Waals surface area contributed by atoms with Gasteiger partial charge in [-0.05, 0) is 0 Å². The van der Waals surface area contributed by atoms with Crippen molar-refractivity contribution in [3.8, 4) is 0 Å². The third-order valence-electron chi connectivity index (χ3n) is 0.405. The number of ether oxygens (including phenoxy) is 1. The van der Waals surface area contributed by atoms with Gasteiger partial charge in [0.05, 0.1) is 0 Å². The monoisotopic (exact) mass is 128 g/mol. The Balaban J connectivity index is -0.0000000208. The number of hydrogen-bond donors (Lipinski definition) is 0. The zero-order chi connectivity index (χ0) is 4.83. The molecule has 0 amide bonds. The van der Waals surface area contributed by atoms with E-state index in [1.54, 1.807) is 7.11 Å². The van der Waals surface area contributed by atoms with Gasteiger partial charge < -0.3 is 4.28 Å². The summed E-state index contributed by atoms with van der Waals surface area (Å²) in [4.78, 5) is 0. The van der Waals surface area contributed by atoms with Crippen LogP contribution in [0, 0.1) is 0 Å². The van der Waals surface area contributed by atoms with Crippen molar-refractivity contribution in [3.63, 3.8) is 0 Å². The maximum Gasteiger partial charge on any atom is 1.00 e. The van der Waals surface area contributed by atoms with Crippen LogP contribution in [0.25, 0.3) is 0 Å². The van der Waals surface area contributed by atoms with Crippen LogP contribution < -0.4 is 29.6 Å². The van der Waals surface area contributed by atoms with Crippen LogP contribution in [0.4, 0.5) is 0 Å². The van der Waals surface area contributed by atoms with Gasteiger partial charge in [-0.3, -0.25) is 0 Å². The second-order valence-corrected chi connectivity index (χ2v) is 1.20. The van der Waals surface area contributed by atoms with Crippen molar-refractivity contribution >= 4 is 16.6 Å². The second kappa shape index (κ2) is 10.4. The van der Waals surface area contributed by atoms with Crippen LogP contribution in [0.2, 0.25) is 0 Å². The summed E-state index contributed by atoms with van der Waals surface area (Å²) in [5, 5.41) is 0. The van der Waals surface area contributed by atoms with Gasteiger partial charge in [0, 0.05) is 0 Å². The molecule has 0 aromatic carbocycles. The van der Waals surface area contributed by atoms with E-state index in [1.807, 2.05) is 0 Å². The first-order chi connectivity index (χ1) is 2.91. The Labute approximate surface area is 79.1 Å². The Hall–Kier alpha value is 1.45. The fraction of sp³-hybridized carbons (Fsp3) is 1.00. The van der Waals surface area contributed by atoms with Gasteiger partial charge in [0.1, 0.15) is 0 Å². The minimum absolute atomic E-state index is 0. The van der Waals surface area contributed by atoms with Crippen LogP contribution in [-0.4, -0.2) is 36.9 Å². The van der Waals surface area contributed by atoms with Crippen LogP contribution >= 0.6 is 0 Å². The molecule has 0 aromatic rings. The number of rotatable bonds is 3. The summed E-state index contributed by atoms with van der Waals surface area (Å²) >= 11 is 2.15. The molecule has 0 saturated carbocycles. The molecule has 0 unspecified atom stereocenters. The Morgan fingerprint density at radius 1 is 1.57 bits per heavy atom. The van der Waals surface area contributed by atoms with Crippen molar-refractivity contribution in [1.82, 2.24) is 0 Å². The van der Waals surface area contributed by atoms with Gasteiger partial charge in [-0.2, -0.15) is 0 Å². The number of methoxy groups -OCH3 is 1. The molecule has 4 heteroatoms. The van der Waals surface area contributed by atoms with Gasteiger partial charge >= 0.3 is 75.0 Å². The molecular weight excluding hydrogens is 118 g/mol. The molecule has 0 rings (SSSR count). The first-order valence-electron chi connectivity index (χ1n) is 1.72. The second-order valence-electron chi connectivity index (χ2n) is 0.864. The molecule has 0 aliphatic carbocycles. The maximum atomic E-state index is 4.64. The summed E-state index contributed by atoms with van der Waals surface area (Å²) < 4.78 is 9.22. The molecule has 0 fully saturated rings. The molecule has 0 heterocycles. The fourth-order valence-corrected chi connectivity index (χ4v) is 0.228. The third kappa shape index (κ3) is 11.2. The van der Waals surface area contributed by atoms with Gasteiger partial charge in [0.25, 0.3) is 0 Å². The molecule has 0 aliphatic heterocycles. The van der Waals surface area contributed by atoms with Crippen molar-refractivity contribution in [2.75, 3.05) is 20.3 Å². The summed E-state index contributed by atoms with van der Waals surface area (Å²) in [6.07, 6.45) is 0. The van der Waals surface area contributed by atoms with Crippen molar-refractivity contribution in [2.45, 2.75) is 0 Å². The van der Waals surface area contributed by atoms with Gasteiger partial charge in [-0.1, -0.05) is 0 Å². The Bertz CT molecular complexity index is 33.7. The first-order valence-corrected chi connectivity index (χ1v) is 2.19. The SMILES string of the molecule is COCC[O][Al+2].[H-].[H-].[H-].[Na+]. The van der Waals surface area contributed by atoms with Crippen LogP contribution in [0.3, 0.4) is 0 Å². The average molecular weight is 128 g/mol. The van der Waals surface area contributed by atoms with E-state index in [0.29, 0.717) is 13.2 Å². The molecular formula is C3H10AlNaO2. The first kappa shape index (κ1) is 11.3. The molecule has 0 bridgehead atoms. The summed E-state index contributed by atoms with van der Waals surface area (Å²) in [6, 6.07) is 0. The van der Waals surface area contributed by atoms with E-state index in [-0.39, 0.29) is 33.8 Å². The Morgan fingerprint density at radius 2 is 2.14 bits per heavy atom. The van der Waals surface area contributed by atoms with E-state index in [1.165, 1.54) is 0 Å². The van der Waals surface area contributed by atoms with Crippen molar-refractivity contribution in [1.29, 1.82) is 0 Å². The predicted octanol–water partition coefficient (Wildman–Crippen LogP) is -2.93. The largest absolute Gasteiger partial charge is 1.00 e. The molecule has 7 heavy (non-hydrogen) atoms. The van der Waals surface area contributed by atoms with Crippen molar-refractivity contribution in [3.05, 3.63) is 0 Å². The van der Waals surface area contributed by atoms with Gasteiger partial charge in [-0.15, -0.1) is 0 Å². The Morgan fingerprint density at radius 3 is 2.29 bits per heavy atom. The third-order valence-corrected chi connectivity index (χ3v) is 0.641. The molecule has 38 valence electrons. The topological polar surface area (TPSA) is 18.5 Å². The smallest absolute Gasteiger partial charge is 1.00 e. The summed E-state index contributed by atoms with van der Waals surface area (Å²) in [6.45, 7) is 1.32. The minimum Gasteiger partial charge on any atom is -1.00 e. The van der Waals surface area contributed by atoms with Gasteiger partial charge in [0.2, 0.25) is 0 Å². The average Bonchev–Trinajstić information content (AvgIpc) is 1.61. The van der Waals surface area contributed by atoms with Gasteiger partial charge in [-0.25, -0.2) is 0 Å². The molecule has 0 radical (unpaired) electrons. The zero-order valence-corrected chi connectivity index (χ0v) is 7.96. The zero-order valence-electron chi connectivity index (χ0n) is 7.81. The number of hydrogen-bond acceptors (Lipinski definition) is 2. The Kier molecular flexibility index (Phi) is 16.8. The van der Waals surface area contributed by atoms with E-state index < -0.39 is 0 Å². The molecule has 0 aliphatic rings. The summed E-state index contributed by atoms with van der Waals surface area (Å²) in [5.41, 5.74) is 0. The van der Waals surface area contributed by atoms with Crippen molar-refractivity contribution in [2.24, 2.45) is 0 Å². The van der Waals surface area contributed by atoms with E-state index >= 15 is 0 Å². The molecule has 0 atom stereocenters.